The predicted molar refractivity (Wildman–Crippen MR) is 43.9 cm³/mol. The average molecular weight is 140 g/mol. The molecule has 0 aromatic rings. The minimum atomic E-state index is 0.697. The summed E-state index contributed by atoms with van der Waals surface area (Å²) < 4.78 is 0. The van der Waals surface area contributed by atoms with Gasteiger partial charge in [0.25, 0.3) is 0 Å². The van der Waals surface area contributed by atoms with Crippen LogP contribution in [-0.4, -0.2) is 43.2 Å². The zero-order chi connectivity index (χ0) is 7.56. The van der Waals surface area contributed by atoms with Crippen LogP contribution in [0.2, 0.25) is 0 Å². The second-order valence-corrected chi connectivity index (χ2v) is 3.12. The van der Waals surface area contributed by atoms with E-state index in [0.29, 0.717) is 6.04 Å². The highest BCUT2D eigenvalue weighted by Gasteiger charge is 2.22. The van der Waals surface area contributed by atoms with E-state index in [1.807, 2.05) is 6.08 Å². The lowest BCUT2D eigenvalue weighted by Gasteiger charge is -2.14. The van der Waals surface area contributed by atoms with E-state index in [-0.39, 0.29) is 0 Å². The summed E-state index contributed by atoms with van der Waals surface area (Å²) in [4.78, 5) is 4.69. The van der Waals surface area contributed by atoms with Crippen molar-refractivity contribution in [3.05, 3.63) is 12.7 Å². The van der Waals surface area contributed by atoms with Crippen LogP contribution < -0.4 is 0 Å². The lowest BCUT2D eigenvalue weighted by molar-refractivity contribution is 0.286. The van der Waals surface area contributed by atoms with Gasteiger partial charge < -0.3 is 0 Å². The molecule has 58 valence electrons. The van der Waals surface area contributed by atoms with E-state index in [1.54, 1.807) is 0 Å². The SMILES string of the molecule is C=CCC1CN(C)CN1C. The van der Waals surface area contributed by atoms with Crippen molar-refractivity contribution in [2.24, 2.45) is 0 Å². The largest absolute Gasteiger partial charge is 0.292 e. The Morgan fingerprint density at radius 1 is 1.60 bits per heavy atom. The zero-order valence-electron chi connectivity index (χ0n) is 6.88. The Morgan fingerprint density at radius 2 is 2.30 bits per heavy atom. The third kappa shape index (κ3) is 1.58. The van der Waals surface area contributed by atoms with Crippen LogP contribution in [0.15, 0.2) is 12.7 Å². The Hall–Kier alpha value is -0.340. The first-order valence-electron chi connectivity index (χ1n) is 3.73. The van der Waals surface area contributed by atoms with Gasteiger partial charge in [-0.1, -0.05) is 6.08 Å². The second-order valence-electron chi connectivity index (χ2n) is 3.12. The molecule has 0 spiro atoms. The van der Waals surface area contributed by atoms with Crippen molar-refractivity contribution >= 4 is 0 Å². The van der Waals surface area contributed by atoms with Gasteiger partial charge in [-0.2, -0.15) is 0 Å². The number of hydrogen-bond donors (Lipinski definition) is 0. The van der Waals surface area contributed by atoms with Crippen molar-refractivity contribution in [3.8, 4) is 0 Å². The van der Waals surface area contributed by atoms with Crippen LogP contribution in [-0.2, 0) is 0 Å². The zero-order valence-corrected chi connectivity index (χ0v) is 6.88. The quantitative estimate of drug-likeness (QED) is 0.523. The van der Waals surface area contributed by atoms with Crippen LogP contribution in [0, 0.1) is 0 Å². The van der Waals surface area contributed by atoms with Crippen molar-refractivity contribution in [1.29, 1.82) is 0 Å². The highest BCUT2D eigenvalue weighted by molar-refractivity contribution is 4.84. The molecule has 1 unspecified atom stereocenters. The summed E-state index contributed by atoms with van der Waals surface area (Å²) in [5.74, 6) is 0. The van der Waals surface area contributed by atoms with Crippen molar-refractivity contribution < 1.29 is 0 Å². The Labute approximate surface area is 63.1 Å². The summed E-state index contributed by atoms with van der Waals surface area (Å²) in [6.45, 7) is 6.02. The van der Waals surface area contributed by atoms with Crippen molar-refractivity contribution in [3.63, 3.8) is 0 Å². The average Bonchev–Trinajstić information content (AvgIpc) is 2.13. The van der Waals surface area contributed by atoms with Gasteiger partial charge in [0.15, 0.2) is 0 Å². The first kappa shape index (κ1) is 7.76. The van der Waals surface area contributed by atoms with Crippen LogP contribution in [0.25, 0.3) is 0 Å². The smallest absolute Gasteiger partial charge is 0.0504 e. The number of likely N-dealkylation sites (N-methyl/N-ethyl adjacent to an activating group) is 2. The molecule has 0 saturated carbocycles. The molecule has 1 heterocycles. The lowest BCUT2D eigenvalue weighted by atomic mass is 10.2. The van der Waals surface area contributed by atoms with Crippen molar-refractivity contribution in [1.82, 2.24) is 9.80 Å². The highest BCUT2D eigenvalue weighted by atomic mass is 15.4. The maximum absolute atomic E-state index is 3.74. The molecule has 0 aliphatic carbocycles. The summed E-state index contributed by atoms with van der Waals surface area (Å²) in [5.41, 5.74) is 0. The molecule has 1 saturated heterocycles. The molecule has 1 fully saturated rings. The molecule has 1 atom stereocenters. The van der Waals surface area contributed by atoms with E-state index in [2.05, 4.69) is 30.5 Å². The van der Waals surface area contributed by atoms with Crippen LogP contribution in [0.4, 0.5) is 0 Å². The fourth-order valence-corrected chi connectivity index (χ4v) is 1.50. The molecule has 10 heavy (non-hydrogen) atoms. The minimum Gasteiger partial charge on any atom is -0.292 e. The third-order valence-corrected chi connectivity index (χ3v) is 2.05. The van der Waals surface area contributed by atoms with Gasteiger partial charge in [-0.15, -0.1) is 6.58 Å². The van der Waals surface area contributed by atoms with Gasteiger partial charge in [-0.3, -0.25) is 9.80 Å². The number of hydrogen-bond acceptors (Lipinski definition) is 2. The summed E-state index contributed by atoms with van der Waals surface area (Å²) in [6, 6.07) is 0.697. The van der Waals surface area contributed by atoms with E-state index >= 15 is 0 Å². The topological polar surface area (TPSA) is 6.48 Å². The molecule has 0 aromatic carbocycles. The summed E-state index contributed by atoms with van der Waals surface area (Å²) in [7, 11) is 4.32. The first-order valence-corrected chi connectivity index (χ1v) is 3.73. The van der Waals surface area contributed by atoms with E-state index in [0.717, 1.165) is 13.1 Å². The first-order chi connectivity index (χ1) is 4.74. The summed E-state index contributed by atoms with van der Waals surface area (Å²) in [5, 5.41) is 0. The van der Waals surface area contributed by atoms with Gasteiger partial charge in [-0.05, 0) is 20.5 Å². The fraction of sp³-hybridized carbons (Fsp3) is 0.750. The Balaban J connectivity index is 2.38. The van der Waals surface area contributed by atoms with Crippen LogP contribution in [0.3, 0.4) is 0 Å². The molecule has 0 radical (unpaired) electrons. The van der Waals surface area contributed by atoms with E-state index in [9.17, 15) is 0 Å². The molecule has 2 nitrogen and oxygen atoms in total. The molecule has 1 rings (SSSR count). The Kier molecular flexibility index (Phi) is 2.46. The van der Waals surface area contributed by atoms with Gasteiger partial charge in [0.2, 0.25) is 0 Å². The van der Waals surface area contributed by atoms with E-state index in [4.69, 9.17) is 0 Å². The van der Waals surface area contributed by atoms with Crippen molar-refractivity contribution in [2.45, 2.75) is 12.5 Å². The Bertz CT molecular complexity index is 122. The molecular formula is C8H16N2. The van der Waals surface area contributed by atoms with Gasteiger partial charge in [0.1, 0.15) is 0 Å². The highest BCUT2D eigenvalue weighted by Crippen LogP contribution is 2.11. The van der Waals surface area contributed by atoms with Gasteiger partial charge in [0, 0.05) is 12.6 Å². The van der Waals surface area contributed by atoms with E-state index in [1.165, 1.54) is 6.54 Å². The molecule has 0 amide bonds. The molecule has 1 aliphatic rings. The molecule has 2 heteroatoms. The molecule has 0 bridgehead atoms. The maximum atomic E-state index is 3.74. The minimum absolute atomic E-state index is 0.697. The van der Waals surface area contributed by atoms with Gasteiger partial charge in [-0.25, -0.2) is 0 Å². The number of rotatable bonds is 2. The fourth-order valence-electron chi connectivity index (χ4n) is 1.50. The van der Waals surface area contributed by atoms with Crippen molar-refractivity contribution in [2.75, 3.05) is 27.3 Å². The van der Waals surface area contributed by atoms with Gasteiger partial charge >= 0.3 is 0 Å². The normalized spacial score (nSPS) is 29.2. The lowest BCUT2D eigenvalue weighted by Crippen LogP contribution is -2.25. The monoisotopic (exact) mass is 140 g/mol. The summed E-state index contributed by atoms with van der Waals surface area (Å²) in [6.07, 6.45) is 3.11. The predicted octanol–water partition coefficient (Wildman–Crippen LogP) is 0.766. The maximum Gasteiger partial charge on any atom is 0.0504 e. The van der Waals surface area contributed by atoms with E-state index < -0.39 is 0 Å². The molecule has 0 aromatic heterocycles. The number of nitrogens with zero attached hydrogens (tertiary/aromatic N) is 2. The molecular weight excluding hydrogens is 124 g/mol. The van der Waals surface area contributed by atoms with Crippen LogP contribution >= 0.6 is 0 Å². The van der Waals surface area contributed by atoms with Crippen LogP contribution in [0.5, 0.6) is 0 Å². The molecule has 0 N–H and O–H groups in total. The second kappa shape index (κ2) is 3.17. The van der Waals surface area contributed by atoms with Crippen LogP contribution in [0.1, 0.15) is 6.42 Å². The molecule has 1 aliphatic heterocycles. The standard InChI is InChI=1S/C8H16N2/c1-4-5-8-6-9(2)7-10(8)3/h4,8H,1,5-7H2,2-3H3. The summed E-state index contributed by atoms with van der Waals surface area (Å²) >= 11 is 0. The third-order valence-electron chi connectivity index (χ3n) is 2.05. The van der Waals surface area contributed by atoms with Gasteiger partial charge in [0.05, 0.1) is 6.67 Å². The Morgan fingerprint density at radius 3 is 2.70 bits per heavy atom.